The predicted molar refractivity (Wildman–Crippen MR) is 182 cm³/mol. The van der Waals surface area contributed by atoms with E-state index in [1.54, 1.807) is 0 Å². The zero-order valence-electron chi connectivity index (χ0n) is 26.3. The third-order valence-electron chi connectivity index (χ3n) is 8.69. The van der Waals surface area contributed by atoms with E-state index in [1.807, 2.05) is 0 Å². The van der Waals surface area contributed by atoms with E-state index in [0.29, 0.717) is 43.8 Å². The van der Waals surface area contributed by atoms with E-state index in [0.717, 1.165) is 0 Å². The minimum Gasteiger partial charge on any atom is -0.478 e. The maximum atomic E-state index is 12.0. The Hall–Kier alpha value is -7.36. The Kier molecular flexibility index (Phi) is 7.35. The van der Waals surface area contributed by atoms with E-state index in [4.69, 9.17) is 19.9 Å². The van der Waals surface area contributed by atoms with Crippen LogP contribution in [0.2, 0.25) is 0 Å². The summed E-state index contributed by atoms with van der Waals surface area (Å²) in [6, 6.07) is 17.2. The smallest absolute Gasteiger partial charge is 0.335 e. The number of hydrogen-bond acceptors (Lipinski definition) is 10. The van der Waals surface area contributed by atoms with Crippen molar-refractivity contribution in [3.63, 3.8) is 0 Å². The molecule has 258 valence electrons. The van der Waals surface area contributed by atoms with Gasteiger partial charge in [0.15, 0.2) is 0 Å². The van der Waals surface area contributed by atoms with Crippen LogP contribution in [0, 0.1) is 0 Å². The molecule has 0 fully saturated rings. The molecule has 3 aromatic heterocycles. The summed E-state index contributed by atoms with van der Waals surface area (Å²) in [7, 11) is 0. The summed E-state index contributed by atoms with van der Waals surface area (Å²) in [6.45, 7) is 0. The van der Waals surface area contributed by atoms with Crippen LogP contribution in [0.1, 0.15) is 41.4 Å². The van der Waals surface area contributed by atoms with Gasteiger partial charge in [0.05, 0.1) is 45.6 Å². The van der Waals surface area contributed by atoms with Gasteiger partial charge >= 0.3 is 23.9 Å². The second-order valence-electron chi connectivity index (χ2n) is 11.7. The maximum Gasteiger partial charge on any atom is 0.335 e. The molecular weight excluding hydrogens is 728 g/mol. The molecule has 17 heteroatoms. The van der Waals surface area contributed by atoms with Crippen molar-refractivity contribution >= 4 is 68.0 Å². The van der Waals surface area contributed by atoms with Crippen molar-refractivity contribution in [3.05, 3.63) is 95.1 Å². The first kappa shape index (κ1) is 32.8. The number of fused-ring (bicyclic) bond motifs is 20. The second kappa shape index (κ2) is 11.9. The van der Waals surface area contributed by atoms with E-state index in [-0.39, 0.29) is 85.2 Å². The van der Waals surface area contributed by atoms with Crippen molar-refractivity contribution in [1.29, 1.82) is 0 Å². The first-order valence-electron chi connectivity index (χ1n) is 15.2. The average molecular weight is 744 g/mol. The van der Waals surface area contributed by atoms with Crippen molar-refractivity contribution in [2.75, 3.05) is 0 Å². The molecule has 53 heavy (non-hydrogen) atoms. The Morgan fingerprint density at radius 3 is 1.04 bits per heavy atom. The molecule has 0 atom stereocenters. The molecule has 0 aliphatic carbocycles. The van der Waals surface area contributed by atoms with Crippen LogP contribution in [0.15, 0.2) is 72.8 Å². The standard InChI is InChI=1S/C36H18N8O8.Fe/c45-33(46)13-1-5-17-21(9-13)29-37-25(17)41-30-22-10-14(34(47)48)2-6-18(22)27(38-30)43-32-24-12-16(36(51)52)4-8-20(24)28(40-32)44-31-23-11-15(35(49)50)3-7-19(23)26(39-31)42-29;/h1-12H,(H6,37,38,39,40,41,42,43,44,45,46,47,48,49,50,51,52);/p-2. The third kappa shape index (κ3) is 5.22. The zero-order valence-corrected chi connectivity index (χ0v) is 27.4. The molecule has 8 bridgehead atoms. The van der Waals surface area contributed by atoms with Gasteiger partial charge < -0.3 is 50.3 Å². The number of aromatic nitrogens is 8. The first-order chi connectivity index (χ1) is 25.0. The first-order valence-corrected chi connectivity index (χ1v) is 15.2. The fourth-order valence-electron chi connectivity index (χ4n) is 6.20. The van der Waals surface area contributed by atoms with Crippen molar-refractivity contribution in [2.45, 2.75) is 0 Å². The van der Waals surface area contributed by atoms with Crippen LogP contribution in [0.25, 0.3) is 89.7 Å². The fraction of sp³-hybridized carbons (Fsp3) is 0. The summed E-state index contributed by atoms with van der Waals surface area (Å²) < 4.78 is 0. The van der Waals surface area contributed by atoms with Gasteiger partial charge in [0, 0.05) is 61.9 Å². The predicted octanol–water partition coefficient (Wildman–Crippen LogP) is 4.92. The number of hydrogen-bond donors (Lipinski definition) is 4. The summed E-state index contributed by atoms with van der Waals surface area (Å²) in [6.07, 6.45) is 0. The van der Waals surface area contributed by atoms with Crippen LogP contribution < -0.4 is 9.97 Å². The number of rotatable bonds is 4. The Balaban J connectivity index is 0.00000400. The molecule has 4 N–H and O–H groups in total. The van der Waals surface area contributed by atoms with Crippen LogP contribution in [0.5, 0.6) is 0 Å². The third-order valence-corrected chi connectivity index (χ3v) is 8.69. The van der Waals surface area contributed by atoms with Crippen molar-refractivity contribution in [1.82, 2.24) is 39.9 Å². The molecule has 0 saturated heterocycles. The van der Waals surface area contributed by atoms with Gasteiger partial charge in [-0.05, 0) is 70.1 Å². The molecule has 5 heterocycles. The van der Waals surface area contributed by atoms with Gasteiger partial charge in [-0.1, -0.05) is 24.3 Å². The normalized spacial score (nSPS) is 11.5. The molecule has 0 radical (unpaired) electrons. The van der Waals surface area contributed by atoms with Gasteiger partial charge in [-0.2, -0.15) is 0 Å². The molecule has 2 aliphatic rings. The van der Waals surface area contributed by atoms with Crippen molar-refractivity contribution in [3.8, 4) is 45.6 Å². The van der Waals surface area contributed by atoms with E-state index in [2.05, 4.69) is 19.9 Å². The van der Waals surface area contributed by atoms with E-state index >= 15 is 0 Å². The van der Waals surface area contributed by atoms with Crippen molar-refractivity contribution in [2.24, 2.45) is 0 Å². The molecule has 4 aromatic carbocycles. The fourth-order valence-corrected chi connectivity index (χ4v) is 6.20. The van der Waals surface area contributed by atoms with Crippen LogP contribution in [0.3, 0.4) is 0 Å². The minimum absolute atomic E-state index is 0. The monoisotopic (exact) mass is 744 g/mol. The number of carboxylic acids is 4. The van der Waals surface area contributed by atoms with Gasteiger partial charge in [0.25, 0.3) is 0 Å². The van der Waals surface area contributed by atoms with Gasteiger partial charge in [-0.25, -0.2) is 29.1 Å². The summed E-state index contributed by atoms with van der Waals surface area (Å²) in [5.74, 6) is -4.49. The Bertz CT molecular complexity index is 2810. The molecule has 0 unspecified atom stereocenters. The molecule has 0 spiro atoms. The Labute approximate surface area is 304 Å². The number of nitrogens with zero attached hydrogens (tertiary/aromatic N) is 8. The number of benzene rings is 4. The molecule has 7 aromatic rings. The van der Waals surface area contributed by atoms with Crippen LogP contribution in [0.4, 0.5) is 0 Å². The SMILES string of the molecule is O=C(O)c1ccc2c(c1)-c1nc-2nc2[n-]c(nc3nc(nc4[n-]c(n1)c1ccc(C(=O)O)cc41)-c1ccc(C(=O)O)cc1-3)c1ccc(C(=O)O)cc21.[Fe]. The second-order valence-corrected chi connectivity index (χ2v) is 11.7. The van der Waals surface area contributed by atoms with Gasteiger partial charge in [0.1, 0.15) is 0 Å². The largest absolute Gasteiger partial charge is 0.478 e. The number of aromatic carboxylic acids is 4. The minimum atomic E-state index is -1.19. The van der Waals surface area contributed by atoms with Gasteiger partial charge in [-0.15, -0.1) is 0 Å². The van der Waals surface area contributed by atoms with Gasteiger partial charge in [0.2, 0.25) is 0 Å². The van der Waals surface area contributed by atoms with Gasteiger partial charge in [-0.3, -0.25) is 0 Å². The summed E-state index contributed by atoms with van der Waals surface area (Å²) in [5.41, 5.74) is 1.52. The van der Waals surface area contributed by atoms with Crippen LogP contribution in [-0.4, -0.2) is 74.2 Å². The summed E-state index contributed by atoms with van der Waals surface area (Å²) in [4.78, 5) is 85.3. The van der Waals surface area contributed by atoms with E-state index < -0.39 is 23.9 Å². The average Bonchev–Trinajstić information content (AvgIpc) is 3.85. The molecule has 0 saturated carbocycles. The molecule has 16 nitrogen and oxygen atoms in total. The number of carbonyl (C=O) groups is 4. The summed E-state index contributed by atoms with van der Waals surface area (Å²) in [5, 5.41) is 40.5. The number of carboxylic acid groups (broad SMARTS) is 4. The van der Waals surface area contributed by atoms with E-state index in [9.17, 15) is 39.6 Å². The quantitative estimate of drug-likeness (QED) is 0.174. The Morgan fingerprint density at radius 1 is 0.377 bits per heavy atom. The zero-order chi connectivity index (χ0) is 36.0. The summed E-state index contributed by atoms with van der Waals surface area (Å²) >= 11 is 0. The maximum absolute atomic E-state index is 12.0. The molecule has 2 aliphatic heterocycles. The van der Waals surface area contributed by atoms with Crippen molar-refractivity contribution < 1.29 is 56.7 Å². The Morgan fingerprint density at radius 2 is 0.679 bits per heavy atom. The topological polar surface area (TPSA) is 255 Å². The molecular formula is C36H16FeN8O8-2. The van der Waals surface area contributed by atoms with Crippen LogP contribution in [-0.2, 0) is 17.1 Å². The molecule has 9 rings (SSSR count). The van der Waals surface area contributed by atoms with E-state index in [1.165, 1.54) is 72.8 Å². The molecule has 0 amide bonds. The van der Waals surface area contributed by atoms with Crippen LogP contribution >= 0.6 is 0 Å².